The molecule has 3 rings (SSSR count). The standard InChI is InChI=1S/C12H13NOS/c1-12(2)5-8-7-3-4-13-11(14)10(7)15-9(8)6-12/h3-4H,5-6H2,1-2H3,(H,13,14). The Hall–Kier alpha value is -1.09. The second-order valence-corrected chi connectivity index (χ2v) is 6.18. The summed E-state index contributed by atoms with van der Waals surface area (Å²) in [5.74, 6) is 0. The zero-order chi connectivity index (χ0) is 10.6. The lowest BCUT2D eigenvalue weighted by atomic mass is 9.90. The zero-order valence-corrected chi connectivity index (χ0v) is 9.70. The highest BCUT2D eigenvalue weighted by atomic mass is 32.1. The van der Waals surface area contributed by atoms with Gasteiger partial charge in [0.15, 0.2) is 0 Å². The van der Waals surface area contributed by atoms with Crippen molar-refractivity contribution in [1.82, 2.24) is 4.98 Å². The molecule has 2 aromatic heterocycles. The van der Waals surface area contributed by atoms with E-state index in [0.29, 0.717) is 5.41 Å². The number of hydrogen-bond acceptors (Lipinski definition) is 2. The van der Waals surface area contributed by atoms with Crippen molar-refractivity contribution in [3.05, 3.63) is 33.1 Å². The summed E-state index contributed by atoms with van der Waals surface area (Å²) in [4.78, 5) is 15.7. The van der Waals surface area contributed by atoms with Gasteiger partial charge in [-0.05, 0) is 29.9 Å². The first kappa shape index (κ1) is 9.16. The molecule has 0 unspecified atom stereocenters. The first-order valence-corrected chi connectivity index (χ1v) is 6.00. The molecule has 1 N–H and O–H groups in total. The van der Waals surface area contributed by atoms with Crippen molar-refractivity contribution in [1.29, 1.82) is 0 Å². The fourth-order valence-electron chi connectivity index (χ4n) is 2.45. The number of rotatable bonds is 0. The van der Waals surface area contributed by atoms with Crippen LogP contribution in [0.2, 0.25) is 0 Å². The molecule has 0 saturated carbocycles. The minimum absolute atomic E-state index is 0.0599. The third-order valence-corrected chi connectivity index (χ3v) is 4.34. The van der Waals surface area contributed by atoms with Crippen molar-refractivity contribution >= 4 is 21.4 Å². The monoisotopic (exact) mass is 219 g/mol. The van der Waals surface area contributed by atoms with Gasteiger partial charge in [0, 0.05) is 16.5 Å². The fraction of sp³-hybridized carbons (Fsp3) is 0.417. The maximum absolute atomic E-state index is 11.6. The molecule has 2 nitrogen and oxygen atoms in total. The second-order valence-electron chi connectivity index (χ2n) is 5.07. The Bertz CT molecular complexity index is 591. The minimum atomic E-state index is 0.0599. The molecule has 1 aliphatic rings. The summed E-state index contributed by atoms with van der Waals surface area (Å²) in [6, 6.07) is 2.04. The van der Waals surface area contributed by atoms with E-state index in [0.717, 1.165) is 17.5 Å². The van der Waals surface area contributed by atoms with Crippen LogP contribution in [0.4, 0.5) is 0 Å². The molecule has 15 heavy (non-hydrogen) atoms. The normalized spacial score (nSPS) is 18.3. The number of hydrogen-bond donors (Lipinski definition) is 1. The summed E-state index contributed by atoms with van der Waals surface area (Å²) >= 11 is 1.67. The van der Waals surface area contributed by atoms with Crippen LogP contribution in [0.1, 0.15) is 24.3 Å². The Balaban J connectivity index is 2.33. The Kier molecular flexibility index (Phi) is 1.67. The van der Waals surface area contributed by atoms with E-state index >= 15 is 0 Å². The molecule has 0 aromatic carbocycles. The number of aromatic nitrogens is 1. The van der Waals surface area contributed by atoms with Crippen molar-refractivity contribution in [2.45, 2.75) is 26.7 Å². The maximum atomic E-state index is 11.6. The quantitative estimate of drug-likeness (QED) is 0.726. The van der Waals surface area contributed by atoms with Crippen LogP contribution in [0.15, 0.2) is 17.1 Å². The summed E-state index contributed by atoms with van der Waals surface area (Å²) < 4.78 is 0.901. The Morgan fingerprint density at radius 2 is 2.20 bits per heavy atom. The lowest BCUT2D eigenvalue weighted by molar-refractivity contribution is 0.394. The average molecular weight is 219 g/mol. The second kappa shape index (κ2) is 2.73. The Labute approximate surface area is 92.0 Å². The molecule has 0 bridgehead atoms. The molecule has 1 aliphatic carbocycles. The minimum Gasteiger partial charge on any atom is -0.328 e. The predicted octanol–water partition coefficient (Wildman–Crippen LogP) is 2.71. The first-order valence-electron chi connectivity index (χ1n) is 5.19. The number of fused-ring (bicyclic) bond motifs is 3. The van der Waals surface area contributed by atoms with Gasteiger partial charge < -0.3 is 4.98 Å². The van der Waals surface area contributed by atoms with Gasteiger partial charge in [-0.1, -0.05) is 13.8 Å². The highest BCUT2D eigenvalue weighted by Gasteiger charge is 2.31. The van der Waals surface area contributed by atoms with Crippen LogP contribution in [0.5, 0.6) is 0 Å². The van der Waals surface area contributed by atoms with Crippen molar-refractivity contribution in [3.8, 4) is 0 Å². The van der Waals surface area contributed by atoms with E-state index in [4.69, 9.17) is 0 Å². The Morgan fingerprint density at radius 3 is 3.00 bits per heavy atom. The van der Waals surface area contributed by atoms with Crippen molar-refractivity contribution in [2.24, 2.45) is 5.41 Å². The molecule has 0 saturated heterocycles. The van der Waals surface area contributed by atoms with E-state index in [9.17, 15) is 4.79 Å². The average Bonchev–Trinajstić information content (AvgIpc) is 2.59. The van der Waals surface area contributed by atoms with Gasteiger partial charge in [0.25, 0.3) is 5.56 Å². The molecule has 0 fully saturated rings. The van der Waals surface area contributed by atoms with Gasteiger partial charge in [0.2, 0.25) is 0 Å². The van der Waals surface area contributed by atoms with Crippen LogP contribution in [-0.2, 0) is 12.8 Å². The van der Waals surface area contributed by atoms with E-state index in [1.165, 1.54) is 15.8 Å². The highest BCUT2D eigenvalue weighted by Crippen LogP contribution is 2.43. The topological polar surface area (TPSA) is 32.9 Å². The van der Waals surface area contributed by atoms with Crippen LogP contribution in [0.3, 0.4) is 0 Å². The third kappa shape index (κ3) is 1.26. The van der Waals surface area contributed by atoms with Gasteiger partial charge in [-0.25, -0.2) is 0 Å². The summed E-state index contributed by atoms with van der Waals surface area (Å²) in [6.07, 6.45) is 3.97. The molecule has 2 heterocycles. The predicted molar refractivity (Wildman–Crippen MR) is 63.6 cm³/mol. The largest absolute Gasteiger partial charge is 0.328 e. The van der Waals surface area contributed by atoms with Gasteiger partial charge in [-0.3, -0.25) is 4.79 Å². The van der Waals surface area contributed by atoms with E-state index in [1.54, 1.807) is 17.5 Å². The van der Waals surface area contributed by atoms with E-state index in [-0.39, 0.29) is 5.56 Å². The van der Waals surface area contributed by atoms with Crippen LogP contribution in [0.25, 0.3) is 10.1 Å². The smallest absolute Gasteiger partial charge is 0.265 e. The van der Waals surface area contributed by atoms with Gasteiger partial charge in [0.05, 0.1) is 4.70 Å². The number of pyridine rings is 1. The first-order chi connectivity index (χ1) is 7.07. The van der Waals surface area contributed by atoms with Gasteiger partial charge in [-0.2, -0.15) is 0 Å². The van der Waals surface area contributed by atoms with Crippen LogP contribution < -0.4 is 5.56 Å². The molecular weight excluding hydrogens is 206 g/mol. The SMILES string of the molecule is CC1(C)Cc2sc3c(=O)[nH]ccc3c2C1. The highest BCUT2D eigenvalue weighted by molar-refractivity contribution is 7.19. The number of thiophene rings is 1. The molecule has 2 aromatic rings. The van der Waals surface area contributed by atoms with Gasteiger partial charge in [0.1, 0.15) is 0 Å². The number of nitrogens with one attached hydrogen (secondary N) is 1. The van der Waals surface area contributed by atoms with Crippen molar-refractivity contribution in [2.75, 3.05) is 0 Å². The molecule has 0 amide bonds. The lowest BCUT2D eigenvalue weighted by Crippen LogP contribution is -2.10. The van der Waals surface area contributed by atoms with E-state index < -0.39 is 0 Å². The van der Waals surface area contributed by atoms with Crippen molar-refractivity contribution < 1.29 is 0 Å². The molecule has 0 radical (unpaired) electrons. The zero-order valence-electron chi connectivity index (χ0n) is 8.89. The summed E-state index contributed by atoms with van der Waals surface area (Å²) in [5.41, 5.74) is 1.84. The number of H-pyrrole nitrogens is 1. The fourth-order valence-corrected chi connectivity index (χ4v) is 3.92. The summed E-state index contributed by atoms with van der Waals surface area (Å²) in [5, 5.41) is 1.17. The molecule has 0 aliphatic heterocycles. The molecular formula is C12H13NOS. The lowest BCUT2D eigenvalue weighted by Gasteiger charge is -2.15. The molecule has 78 valence electrons. The third-order valence-electron chi connectivity index (χ3n) is 3.10. The van der Waals surface area contributed by atoms with Crippen LogP contribution in [0, 0.1) is 5.41 Å². The maximum Gasteiger partial charge on any atom is 0.265 e. The summed E-state index contributed by atoms with van der Waals surface area (Å²) in [6.45, 7) is 4.58. The van der Waals surface area contributed by atoms with E-state index in [1.807, 2.05) is 6.07 Å². The molecule has 0 spiro atoms. The number of aromatic amines is 1. The van der Waals surface area contributed by atoms with Crippen molar-refractivity contribution in [3.63, 3.8) is 0 Å². The van der Waals surface area contributed by atoms with E-state index in [2.05, 4.69) is 18.8 Å². The molecule has 0 atom stereocenters. The van der Waals surface area contributed by atoms with Crippen LogP contribution >= 0.6 is 11.3 Å². The van der Waals surface area contributed by atoms with Gasteiger partial charge >= 0.3 is 0 Å². The van der Waals surface area contributed by atoms with Crippen LogP contribution in [-0.4, -0.2) is 4.98 Å². The Morgan fingerprint density at radius 1 is 1.40 bits per heavy atom. The molecule has 3 heteroatoms. The summed E-state index contributed by atoms with van der Waals surface area (Å²) in [7, 11) is 0. The van der Waals surface area contributed by atoms with Gasteiger partial charge in [-0.15, -0.1) is 11.3 Å².